The third-order valence-corrected chi connectivity index (χ3v) is 9.63. The summed E-state index contributed by atoms with van der Waals surface area (Å²) in [5, 5.41) is 4.00. The molecule has 1 saturated carbocycles. The minimum absolute atomic E-state index is 0.00596. The summed E-state index contributed by atoms with van der Waals surface area (Å²) in [4.78, 5) is 18.1. The van der Waals surface area contributed by atoms with Gasteiger partial charge in [0.1, 0.15) is 0 Å². The van der Waals surface area contributed by atoms with Crippen LogP contribution in [0.5, 0.6) is 0 Å². The van der Waals surface area contributed by atoms with Gasteiger partial charge in [-0.3, -0.25) is 9.00 Å². The molecule has 0 N–H and O–H groups in total. The fraction of sp³-hybridized carbons (Fsp3) is 0.500. The molecular weight excluding hydrogens is 508 g/mol. The molecule has 2 atom stereocenters. The lowest BCUT2D eigenvalue weighted by atomic mass is 9.90. The van der Waals surface area contributed by atoms with Gasteiger partial charge in [-0.15, -0.1) is 5.10 Å². The molecule has 6 nitrogen and oxygen atoms in total. The predicted octanol–water partition coefficient (Wildman–Crippen LogP) is 4.66. The lowest BCUT2D eigenvalue weighted by molar-refractivity contribution is -0.190. The second-order valence-corrected chi connectivity index (χ2v) is 12.2. The van der Waals surface area contributed by atoms with Crippen LogP contribution in [0, 0.1) is 11.9 Å². The van der Waals surface area contributed by atoms with Gasteiger partial charge in [0.15, 0.2) is 11.7 Å². The van der Waals surface area contributed by atoms with Crippen molar-refractivity contribution in [1.29, 1.82) is 0 Å². The highest BCUT2D eigenvalue weighted by Crippen LogP contribution is 2.61. The van der Waals surface area contributed by atoms with Gasteiger partial charge in [-0.05, 0) is 43.2 Å². The molecule has 1 saturated heterocycles. The van der Waals surface area contributed by atoms with Crippen LogP contribution in [0.3, 0.4) is 0 Å². The zero-order valence-electron chi connectivity index (χ0n) is 20.2. The lowest BCUT2D eigenvalue weighted by Crippen LogP contribution is -2.43. The highest BCUT2D eigenvalue weighted by Gasteiger charge is 2.55. The molecule has 196 valence electrons. The summed E-state index contributed by atoms with van der Waals surface area (Å²) in [5.74, 6) is -1.11. The van der Waals surface area contributed by atoms with Crippen molar-refractivity contribution in [3.63, 3.8) is 0 Å². The van der Waals surface area contributed by atoms with Gasteiger partial charge in [0.05, 0.1) is 5.69 Å². The molecule has 0 bridgehead atoms. The number of carbonyl (C=O) groups excluding carboxylic acids is 1. The highest BCUT2D eigenvalue weighted by atomic mass is 32.2. The van der Waals surface area contributed by atoms with E-state index >= 15 is 0 Å². The quantitative estimate of drug-likeness (QED) is 0.457. The van der Waals surface area contributed by atoms with Gasteiger partial charge in [-0.25, -0.2) is 9.50 Å². The van der Waals surface area contributed by atoms with Gasteiger partial charge in [-0.1, -0.05) is 24.3 Å². The zero-order valence-corrected chi connectivity index (χ0v) is 21.0. The molecule has 3 aliphatic rings. The number of hydrogen-bond acceptors (Lipinski definition) is 4. The standard InChI is InChI=1S/C26H26F4N4O2S/c1-33(24(35)17-6-10-37(36)11-7-17)22(26(28,29)30)16-4-2-15(3-5-16)18-13-25(8-9-25)23-19(18)14-31-21-12-20(27)32-34(21)23/h2-5,12,14,17-18,22H,6-11,13H2,1H3. The summed E-state index contributed by atoms with van der Waals surface area (Å²) in [6, 6.07) is 5.51. The number of benzene rings is 1. The van der Waals surface area contributed by atoms with Crippen molar-refractivity contribution >= 4 is 22.4 Å². The maximum Gasteiger partial charge on any atom is 0.413 e. The minimum Gasteiger partial charge on any atom is -0.330 e. The van der Waals surface area contributed by atoms with Gasteiger partial charge >= 0.3 is 6.18 Å². The third-order valence-electron chi connectivity index (χ3n) is 8.24. The molecule has 2 aromatic heterocycles. The first-order valence-electron chi connectivity index (χ1n) is 12.4. The number of aromatic nitrogens is 3. The summed E-state index contributed by atoms with van der Waals surface area (Å²) in [7, 11) is 0.195. The van der Waals surface area contributed by atoms with Crippen LogP contribution in [0.4, 0.5) is 17.6 Å². The van der Waals surface area contributed by atoms with E-state index in [1.807, 2.05) is 0 Å². The van der Waals surface area contributed by atoms with Crippen molar-refractivity contribution < 1.29 is 26.6 Å². The molecule has 3 aromatic rings. The Balaban J connectivity index is 1.29. The molecule has 6 rings (SSSR count). The number of fused-ring (bicyclic) bond motifs is 4. The number of nitrogens with zero attached hydrogens (tertiary/aromatic N) is 4. The summed E-state index contributed by atoms with van der Waals surface area (Å²) < 4.78 is 69.7. The minimum atomic E-state index is -4.65. The van der Waals surface area contributed by atoms with Crippen molar-refractivity contribution in [3.05, 3.63) is 64.9 Å². The van der Waals surface area contributed by atoms with Crippen LogP contribution >= 0.6 is 0 Å². The molecule has 1 amide bonds. The normalized spacial score (nSPS) is 25.3. The van der Waals surface area contributed by atoms with E-state index < -0.39 is 40.8 Å². The molecular formula is C26H26F4N4O2S. The van der Waals surface area contributed by atoms with Crippen LogP contribution in [0.15, 0.2) is 36.5 Å². The Hall–Kier alpha value is -2.82. The molecule has 2 aliphatic carbocycles. The Labute approximate surface area is 213 Å². The van der Waals surface area contributed by atoms with Crippen molar-refractivity contribution in [2.24, 2.45) is 5.92 Å². The molecule has 2 fully saturated rings. The Bertz CT molecular complexity index is 1390. The lowest BCUT2D eigenvalue weighted by Gasteiger charge is -2.34. The molecule has 37 heavy (non-hydrogen) atoms. The fourth-order valence-electron chi connectivity index (χ4n) is 6.19. The zero-order chi connectivity index (χ0) is 26.1. The van der Waals surface area contributed by atoms with E-state index in [4.69, 9.17) is 0 Å². The average Bonchev–Trinajstić information content (AvgIpc) is 3.41. The Morgan fingerprint density at radius 1 is 1.19 bits per heavy atom. The maximum absolute atomic E-state index is 14.2. The number of rotatable bonds is 4. The van der Waals surface area contributed by atoms with E-state index in [9.17, 15) is 26.6 Å². The number of alkyl halides is 3. The SMILES string of the molecule is CN(C(=O)C1CCS(=O)CC1)C(c1ccc(C2CC3(CC3)c3c2cnc2cc(F)nn32)cc1)C(F)(F)F. The van der Waals surface area contributed by atoms with Gasteiger partial charge < -0.3 is 4.90 Å². The second-order valence-electron chi connectivity index (χ2n) is 10.5. The molecule has 1 spiro atoms. The van der Waals surface area contributed by atoms with Gasteiger partial charge in [-0.2, -0.15) is 17.6 Å². The van der Waals surface area contributed by atoms with Crippen molar-refractivity contribution in [2.45, 2.75) is 55.7 Å². The maximum atomic E-state index is 14.2. The van der Waals surface area contributed by atoms with E-state index in [0.717, 1.165) is 41.0 Å². The van der Waals surface area contributed by atoms with E-state index in [1.54, 1.807) is 22.8 Å². The molecule has 11 heteroatoms. The Morgan fingerprint density at radius 2 is 1.86 bits per heavy atom. The topological polar surface area (TPSA) is 67.6 Å². The summed E-state index contributed by atoms with van der Waals surface area (Å²) in [5.41, 5.74) is 3.06. The van der Waals surface area contributed by atoms with Crippen LogP contribution in [0.1, 0.15) is 66.4 Å². The van der Waals surface area contributed by atoms with Gasteiger partial charge in [0, 0.05) is 64.4 Å². The van der Waals surface area contributed by atoms with Crippen molar-refractivity contribution in [2.75, 3.05) is 18.6 Å². The Morgan fingerprint density at radius 3 is 2.49 bits per heavy atom. The number of carbonyl (C=O) groups is 1. The largest absolute Gasteiger partial charge is 0.413 e. The van der Waals surface area contributed by atoms with Crippen molar-refractivity contribution in [1.82, 2.24) is 19.5 Å². The van der Waals surface area contributed by atoms with Crippen molar-refractivity contribution in [3.8, 4) is 0 Å². The van der Waals surface area contributed by atoms with Gasteiger partial charge in [0.2, 0.25) is 11.9 Å². The average molecular weight is 535 g/mol. The van der Waals surface area contributed by atoms with E-state index in [-0.39, 0.29) is 16.9 Å². The number of amides is 1. The summed E-state index contributed by atoms with van der Waals surface area (Å²) in [6.07, 6.45) is 0.433. The third kappa shape index (κ3) is 4.15. The molecule has 2 unspecified atom stereocenters. The van der Waals surface area contributed by atoms with Crippen LogP contribution in [0.2, 0.25) is 0 Å². The van der Waals surface area contributed by atoms with E-state index in [1.165, 1.54) is 25.2 Å². The fourth-order valence-corrected chi connectivity index (χ4v) is 7.49. The molecule has 0 radical (unpaired) electrons. The van der Waals surface area contributed by atoms with Crippen LogP contribution in [-0.2, 0) is 21.0 Å². The smallest absolute Gasteiger partial charge is 0.330 e. The molecule has 3 heterocycles. The number of halogens is 4. The summed E-state index contributed by atoms with van der Waals surface area (Å²) >= 11 is 0. The summed E-state index contributed by atoms with van der Waals surface area (Å²) in [6.45, 7) is 0. The van der Waals surface area contributed by atoms with Crippen LogP contribution in [0.25, 0.3) is 5.65 Å². The monoisotopic (exact) mass is 534 g/mol. The first-order valence-corrected chi connectivity index (χ1v) is 13.9. The first-order chi connectivity index (χ1) is 17.6. The van der Waals surface area contributed by atoms with E-state index in [0.29, 0.717) is 30.0 Å². The first kappa shape index (κ1) is 24.5. The molecule has 1 aliphatic heterocycles. The number of hydrogen-bond donors (Lipinski definition) is 0. The van der Waals surface area contributed by atoms with E-state index in [2.05, 4.69) is 10.1 Å². The predicted molar refractivity (Wildman–Crippen MR) is 129 cm³/mol. The molecule has 1 aromatic carbocycles. The van der Waals surface area contributed by atoms with Crippen LogP contribution < -0.4 is 0 Å². The Kier molecular flexibility index (Phi) is 5.70. The second kappa shape index (κ2) is 8.61. The van der Waals surface area contributed by atoms with Gasteiger partial charge in [0.25, 0.3) is 0 Å². The van der Waals surface area contributed by atoms with Crippen LogP contribution in [-0.4, -0.2) is 54.3 Å². The highest BCUT2D eigenvalue weighted by molar-refractivity contribution is 7.85.